The molecule has 0 aliphatic heterocycles. The number of carboxylic acid groups (broad SMARTS) is 1. The van der Waals surface area contributed by atoms with Crippen LogP contribution < -0.4 is 9.47 Å². The van der Waals surface area contributed by atoms with E-state index in [4.69, 9.17) is 37.8 Å². The van der Waals surface area contributed by atoms with Crippen LogP contribution in [-0.2, 0) is 11.4 Å². The lowest BCUT2D eigenvalue weighted by molar-refractivity contribution is -0.131. The van der Waals surface area contributed by atoms with Crippen LogP contribution in [0.25, 0.3) is 6.08 Å². The Kier molecular flexibility index (Phi) is 6.53. The van der Waals surface area contributed by atoms with Crippen LogP contribution in [0.3, 0.4) is 0 Å². The van der Waals surface area contributed by atoms with Crippen LogP contribution >= 0.6 is 23.2 Å². The van der Waals surface area contributed by atoms with E-state index in [1.165, 1.54) is 6.08 Å². The summed E-state index contributed by atoms with van der Waals surface area (Å²) in [6.45, 7) is 2.58. The second-order valence-corrected chi connectivity index (χ2v) is 5.69. The maximum absolute atomic E-state index is 10.6. The van der Waals surface area contributed by atoms with E-state index < -0.39 is 5.97 Å². The molecule has 2 aromatic rings. The lowest BCUT2D eigenvalue weighted by Gasteiger charge is -2.14. The van der Waals surface area contributed by atoms with Crippen molar-refractivity contribution < 1.29 is 19.4 Å². The third-order valence-electron chi connectivity index (χ3n) is 3.05. The molecule has 0 bridgehead atoms. The topological polar surface area (TPSA) is 55.8 Å². The predicted molar refractivity (Wildman–Crippen MR) is 95.1 cm³/mol. The molecule has 0 heterocycles. The summed E-state index contributed by atoms with van der Waals surface area (Å²) in [7, 11) is 0. The Labute approximate surface area is 150 Å². The van der Waals surface area contributed by atoms with Gasteiger partial charge in [-0.3, -0.25) is 0 Å². The summed E-state index contributed by atoms with van der Waals surface area (Å²) >= 11 is 12.1. The van der Waals surface area contributed by atoms with Crippen molar-refractivity contribution in [2.75, 3.05) is 6.61 Å². The van der Waals surface area contributed by atoms with Gasteiger partial charge in [0.05, 0.1) is 11.6 Å². The van der Waals surface area contributed by atoms with Crippen LogP contribution in [0.15, 0.2) is 42.5 Å². The summed E-state index contributed by atoms with van der Waals surface area (Å²) in [5.74, 6) is -0.155. The number of halogens is 2. The Morgan fingerprint density at radius 3 is 2.50 bits per heavy atom. The Hall–Kier alpha value is -2.17. The number of rotatable bonds is 7. The first-order valence-corrected chi connectivity index (χ1v) is 7.99. The van der Waals surface area contributed by atoms with E-state index in [1.807, 2.05) is 19.1 Å². The smallest absolute Gasteiger partial charge is 0.328 e. The van der Waals surface area contributed by atoms with E-state index in [-0.39, 0.29) is 0 Å². The molecule has 0 saturated carbocycles. The third-order valence-corrected chi connectivity index (χ3v) is 3.58. The molecular formula is C18H16Cl2O4. The van der Waals surface area contributed by atoms with E-state index in [2.05, 4.69) is 0 Å². The second-order valence-electron chi connectivity index (χ2n) is 4.85. The van der Waals surface area contributed by atoms with Crippen molar-refractivity contribution in [3.8, 4) is 11.5 Å². The highest BCUT2D eigenvalue weighted by Crippen LogP contribution is 2.37. The Bertz CT molecular complexity index is 739. The molecule has 0 saturated heterocycles. The number of hydrogen-bond donors (Lipinski definition) is 1. The van der Waals surface area contributed by atoms with Crippen LogP contribution in [0.1, 0.15) is 18.1 Å². The van der Waals surface area contributed by atoms with E-state index >= 15 is 0 Å². The second kappa shape index (κ2) is 8.62. The monoisotopic (exact) mass is 366 g/mol. The van der Waals surface area contributed by atoms with Crippen molar-refractivity contribution in [1.29, 1.82) is 0 Å². The molecule has 0 aromatic heterocycles. The van der Waals surface area contributed by atoms with E-state index in [0.717, 1.165) is 11.6 Å². The van der Waals surface area contributed by atoms with Gasteiger partial charge in [-0.25, -0.2) is 4.79 Å². The van der Waals surface area contributed by atoms with Gasteiger partial charge in [-0.2, -0.15) is 0 Å². The average molecular weight is 367 g/mol. The SMILES string of the molecule is CCOc1cc(C=CC(=O)O)cc(Cl)c1OCc1ccc(Cl)cc1. The van der Waals surface area contributed by atoms with Gasteiger partial charge in [-0.05, 0) is 48.4 Å². The van der Waals surface area contributed by atoms with E-state index in [9.17, 15) is 4.79 Å². The van der Waals surface area contributed by atoms with Crippen molar-refractivity contribution in [2.45, 2.75) is 13.5 Å². The molecule has 0 atom stereocenters. The summed E-state index contributed by atoms with van der Waals surface area (Å²) in [5, 5.41) is 9.72. The molecule has 24 heavy (non-hydrogen) atoms. The Morgan fingerprint density at radius 1 is 1.17 bits per heavy atom. The molecule has 0 spiro atoms. The zero-order valence-corrected chi connectivity index (χ0v) is 14.5. The number of hydrogen-bond acceptors (Lipinski definition) is 3. The molecular weight excluding hydrogens is 351 g/mol. The van der Waals surface area contributed by atoms with Gasteiger partial charge in [-0.1, -0.05) is 35.3 Å². The normalized spacial score (nSPS) is 10.8. The summed E-state index contributed by atoms with van der Waals surface area (Å²) in [6.07, 6.45) is 2.48. The van der Waals surface area contributed by atoms with Gasteiger partial charge < -0.3 is 14.6 Å². The fraction of sp³-hybridized carbons (Fsp3) is 0.167. The molecule has 2 aromatic carbocycles. The highest BCUT2D eigenvalue weighted by Gasteiger charge is 2.12. The lowest BCUT2D eigenvalue weighted by Crippen LogP contribution is -2.01. The lowest BCUT2D eigenvalue weighted by atomic mass is 10.2. The maximum atomic E-state index is 10.6. The minimum Gasteiger partial charge on any atom is -0.490 e. The fourth-order valence-electron chi connectivity index (χ4n) is 1.99. The summed E-state index contributed by atoms with van der Waals surface area (Å²) in [6, 6.07) is 10.6. The van der Waals surface area contributed by atoms with Crippen molar-refractivity contribution >= 4 is 35.2 Å². The molecule has 0 unspecified atom stereocenters. The number of carboxylic acids is 1. The molecule has 6 heteroatoms. The molecule has 1 N–H and O–H groups in total. The van der Waals surface area contributed by atoms with Crippen LogP contribution in [0.5, 0.6) is 11.5 Å². The van der Waals surface area contributed by atoms with Gasteiger partial charge in [0.15, 0.2) is 11.5 Å². The largest absolute Gasteiger partial charge is 0.490 e. The molecule has 126 valence electrons. The van der Waals surface area contributed by atoms with Gasteiger partial charge in [-0.15, -0.1) is 0 Å². The zero-order valence-electron chi connectivity index (χ0n) is 13.0. The summed E-state index contributed by atoms with van der Waals surface area (Å²) < 4.78 is 11.3. The Balaban J connectivity index is 2.23. The maximum Gasteiger partial charge on any atom is 0.328 e. The summed E-state index contributed by atoms with van der Waals surface area (Å²) in [5.41, 5.74) is 1.55. The highest BCUT2D eigenvalue weighted by molar-refractivity contribution is 6.32. The molecule has 2 rings (SSSR count). The van der Waals surface area contributed by atoms with Gasteiger partial charge in [0, 0.05) is 11.1 Å². The quantitative estimate of drug-likeness (QED) is 0.695. The molecule has 0 aliphatic rings. The third kappa shape index (κ3) is 5.18. The molecule has 0 aliphatic carbocycles. The van der Waals surface area contributed by atoms with Crippen LogP contribution in [0, 0.1) is 0 Å². The summed E-state index contributed by atoms with van der Waals surface area (Å²) in [4.78, 5) is 10.6. The van der Waals surface area contributed by atoms with Crippen molar-refractivity contribution in [3.63, 3.8) is 0 Å². The van der Waals surface area contributed by atoms with Crippen molar-refractivity contribution in [2.24, 2.45) is 0 Å². The molecule has 0 amide bonds. The van der Waals surface area contributed by atoms with Crippen LogP contribution in [0.2, 0.25) is 10.0 Å². The average Bonchev–Trinajstić information content (AvgIpc) is 2.54. The number of carbonyl (C=O) groups is 1. The molecule has 0 radical (unpaired) electrons. The van der Waals surface area contributed by atoms with E-state index in [0.29, 0.717) is 40.3 Å². The van der Waals surface area contributed by atoms with Gasteiger partial charge in [0.25, 0.3) is 0 Å². The fourth-order valence-corrected chi connectivity index (χ4v) is 2.39. The first kappa shape index (κ1) is 18.2. The van der Waals surface area contributed by atoms with Gasteiger partial charge in [0.1, 0.15) is 6.61 Å². The van der Waals surface area contributed by atoms with Gasteiger partial charge in [0.2, 0.25) is 0 Å². The standard InChI is InChI=1S/C18H16Cl2O4/c1-2-23-16-10-13(5-8-17(21)22)9-15(20)18(16)24-11-12-3-6-14(19)7-4-12/h3-10H,2,11H2,1H3,(H,21,22). The minimum absolute atomic E-state index is 0.307. The first-order valence-electron chi connectivity index (χ1n) is 7.24. The number of ether oxygens (including phenoxy) is 2. The number of aliphatic carboxylic acids is 1. The zero-order chi connectivity index (χ0) is 17.5. The van der Waals surface area contributed by atoms with E-state index in [1.54, 1.807) is 24.3 Å². The van der Waals surface area contributed by atoms with Gasteiger partial charge >= 0.3 is 5.97 Å². The van der Waals surface area contributed by atoms with Crippen LogP contribution in [0.4, 0.5) is 0 Å². The predicted octanol–water partition coefficient (Wildman–Crippen LogP) is 5.07. The number of benzene rings is 2. The highest BCUT2D eigenvalue weighted by atomic mass is 35.5. The molecule has 4 nitrogen and oxygen atoms in total. The van der Waals surface area contributed by atoms with Crippen LogP contribution in [-0.4, -0.2) is 17.7 Å². The first-order chi connectivity index (χ1) is 11.5. The Morgan fingerprint density at radius 2 is 1.88 bits per heavy atom. The van der Waals surface area contributed by atoms with Crippen molar-refractivity contribution in [1.82, 2.24) is 0 Å². The minimum atomic E-state index is -1.04. The van der Waals surface area contributed by atoms with Crippen molar-refractivity contribution in [3.05, 3.63) is 63.6 Å². The molecule has 0 fully saturated rings.